The lowest BCUT2D eigenvalue weighted by molar-refractivity contribution is -0.140. The van der Waals surface area contributed by atoms with E-state index in [9.17, 15) is 4.79 Å². The second-order valence-electron chi connectivity index (χ2n) is 3.94. The van der Waals surface area contributed by atoms with Gasteiger partial charge in [-0.05, 0) is 19.3 Å². The second-order valence-corrected chi connectivity index (χ2v) is 3.94. The molecule has 11 heavy (non-hydrogen) atoms. The van der Waals surface area contributed by atoms with E-state index in [0.29, 0.717) is 6.42 Å². The summed E-state index contributed by atoms with van der Waals surface area (Å²) in [5, 5.41) is 8.81. The highest BCUT2D eigenvalue weighted by Gasteiger charge is 2.70. The fourth-order valence-electron chi connectivity index (χ4n) is 2.47. The van der Waals surface area contributed by atoms with E-state index in [0.717, 1.165) is 25.7 Å². The summed E-state index contributed by atoms with van der Waals surface area (Å²) < 4.78 is 0. The van der Waals surface area contributed by atoms with Crippen molar-refractivity contribution in [2.45, 2.75) is 37.6 Å². The Labute approximate surface area is 65.6 Å². The minimum absolute atomic E-state index is 0.00116. The van der Waals surface area contributed by atoms with Gasteiger partial charge in [0.05, 0.1) is 0 Å². The van der Waals surface area contributed by atoms with Crippen LogP contribution in [-0.4, -0.2) is 16.6 Å². The summed E-state index contributed by atoms with van der Waals surface area (Å²) in [7, 11) is 0. The van der Waals surface area contributed by atoms with Crippen LogP contribution in [0.25, 0.3) is 0 Å². The highest BCUT2D eigenvalue weighted by atomic mass is 16.4. The molecule has 2 saturated carbocycles. The first-order valence-corrected chi connectivity index (χ1v) is 4.13. The van der Waals surface area contributed by atoms with Gasteiger partial charge in [0.15, 0.2) is 0 Å². The maximum atomic E-state index is 10.7. The van der Waals surface area contributed by atoms with Crippen LogP contribution in [0.2, 0.25) is 0 Å². The molecule has 0 amide bonds. The molecule has 62 valence electrons. The van der Waals surface area contributed by atoms with Crippen molar-refractivity contribution >= 4 is 5.97 Å². The van der Waals surface area contributed by atoms with Gasteiger partial charge in [0.25, 0.3) is 0 Å². The molecule has 0 aromatic rings. The number of carbonyl (C=O) groups is 1. The minimum Gasteiger partial charge on any atom is -0.480 e. The fourth-order valence-corrected chi connectivity index (χ4v) is 2.47. The standard InChI is InChI=1S/C8H13NO2/c9-8(6(10)11)5-7(8)3-1-2-4-7/h1-5,9H2,(H,10,11). The number of rotatable bonds is 1. The Morgan fingerprint density at radius 1 is 1.36 bits per heavy atom. The number of carboxylic acid groups (broad SMARTS) is 1. The number of aliphatic carboxylic acids is 1. The number of hydrogen-bond donors (Lipinski definition) is 2. The lowest BCUT2D eigenvalue weighted by atomic mass is 9.98. The van der Waals surface area contributed by atoms with Crippen LogP contribution in [0, 0.1) is 5.41 Å². The Morgan fingerprint density at radius 2 is 1.91 bits per heavy atom. The van der Waals surface area contributed by atoms with Crippen LogP contribution in [0.5, 0.6) is 0 Å². The van der Waals surface area contributed by atoms with E-state index in [2.05, 4.69) is 0 Å². The van der Waals surface area contributed by atoms with Gasteiger partial charge in [-0.1, -0.05) is 12.8 Å². The molecule has 0 aliphatic heterocycles. The lowest BCUT2D eigenvalue weighted by Gasteiger charge is -2.11. The average molecular weight is 155 g/mol. The maximum absolute atomic E-state index is 10.7. The van der Waals surface area contributed by atoms with Crippen LogP contribution >= 0.6 is 0 Å². The van der Waals surface area contributed by atoms with E-state index in [-0.39, 0.29) is 5.41 Å². The zero-order valence-corrected chi connectivity index (χ0v) is 6.47. The third-order valence-corrected chi connectivity index (χ3v) is 3.38. The van der Waals surface area contributed by atoms with Crippen molar-refractivity contribution in [3.63, 3.8) is 0 Å². The second kappa shape index (κ2) is 1.78. The molecule has 0 aromatic heterocycles. The van der Waals surface area contributed by atoms with Gasteiger partial charge in [-0.25, -0.2) is 0 Å². The van der Waals surface area contributed by atoms with Crippen LogP contribution in [0.3, 0.4) is 0 Å². The van der Waals surface area contributed by atoms with Gasteiger partial charge in [0, 0.05) is 5.41 Å². The molecule has 2 rings (SSSR count). The monoisotopic (exact) mass is 155 g/mol. The molecular weight excluding hydrogens is 142 g/mol. The molecule has 0 heterocycles. The van der Waals surface area contributed by atoms with Gasteiger partial charge in [-0.2, -0.15) is 0 Å². The van der Waals surface area contributed by atoms with Crippen molar-refractivity contribution < 1.29 is 9.90 Å². The highest BCUT2D eigenvalue weighted by Crippen LogP contribution is 2.64. The Hall–Kier alpha value is -0.570. The van der Waals surface area contributed by atoms with Crippen molar-refractivity contribution in [2.75, 3.05) is 0 Å². The van der Waals surface area contributed by atoms with Gasteiger partial charge in [0.1, 0.15) is 5.54 Å². The SMILES string of the molecule is NC1(C(=O)O)CC12CCCC2. The summed E-state index contributed by atoms with van der Waals surface area (Å²) >= 11 is 0. The molecule has 1 unspecified atom stereocenters. The van der Waals surface area contributed by atoms with E-state index in [1.54, 1.807) is 0 Å². The molecule has 0 saturated heterocycles. The Balaban J connectivity index is 2.17. The molecule has 2 fully saturated rings. The largest absolute Gasteiger partial charge is 0.480 e. The van der Waals surface area contributed by atoms with E-state index >= 15 is 0 Å². The first-order valence-electron chi connectivity index (χ1n) is 4.13. The summed E-state index contributed by atoms with van der Waals surface area (Å²) in [5.74, 6) is -0.806. The molecular formula is C8H13NO2. The van der Waals surface area contributed by atoms with Gasteiger partial charge in [-0.15, -0.1) is 0 Å². The zero-order chi connectivity index (χ0) is 8.11. The van der Waals surface area contributed by atoms with Crippen molar-refractivity contribution in [1.29, 1.82) is 0 Å². The van der Waals surface area contributed by atoms with E-state index in [4.69, 9.17) is 10.8 Å². The lowest BCUT2D eigenvalue weighted by Crippen LogP contribution is -2.38. The smallest absolute Gasteiger partial charge is 0.324 e. The third-order valence-electron chi connectivity index (χ3n) is 3.38. The molecule has 1 spiro atoms. The maximum Gasteiger partial charge on any atom is 0.324 e. The average Bonchev–Trinajstić information content (AvgIpc) is 2.38. The van der Waals surface area contributed by atoms with Gasteiger partial charge in [-0.3, -0.25) is 4.79 Å². The van der Waals surface area contributed by atoms with Crippen LogP contribution in [0.15, 0.2) is 0 Å². The number of hydrogen-bond acceptors (Lipinski definition) is 2. The Morgan fingerprint density at radius 3 is 2.27 bits per heavy atom. The zero-order valence-electron chi connectivity index (χ0n) is 6.47. The van der Waals surface area contributed by atoms with Crippen molar-refractivity contribution in [3.8, 4) is 0 Å². The summed E-state index contributed by atoms with van der Waals surface area (Å²) in [4.78, 5) is 10.7. The predicted molar refractivity (Wildman–Crippen MR) is 40.1 cm³/mol. The van der Waals surface area contributed by atoms with Gasteiger partial charge >= 0.3 is 5.97 Å². The van der Waals surface area contributed by atoms with Crippen LogP contribution in [0.4, 0.5) is 0 Å². The molecule has 3 N–H and O–H groups in total. The Bertz CT molecular complexity index is 208. The van der Waals surface area contributed by atoms with Crippen LogP contribution < -0.4 is 5.73 Å². The van der Waals surface area contributed by atoms with Crippen LogP contribution in [-0.2, 0) is 4.79 Å². The summed E-state index contributed by atoms with van der Waals surface area (Å²) in [6.07, 6.45) is 5.07. The number of nitrogens with two attached hydrogens (primary N) is 1. The molecule has 0 aromatic carbocycles. The molecule has 2 aliphatic carbocycles. The molecule has 3 nitrogen and oxygen atoms in total. The summed E-state index contributed by atoms with van der Waals surface area (Å²) in [6.45, 7) is 0. The first-order chi connectivity index (χ1) is 5.11. The quantitative estimate of drug-likeness (QED) is 0.586. The third kappa shape index (κ3) is 0.692. The minimum atomic E-state index is -0.858. The summed E-state index contributed by atoms with van der Waals surface area (Å²) in [6, 6.07) is 0. The molecule has 0 bridgehead atoms. The first kappa shape index (κ1) is 7.10. The van der Waals surface area contributed by atoms with E-state index < -0.39 is 11.5 Å². The fraction of sp³-hybridized carbons (Fsp3) is 0.875. The number of carboxylic acids is 1. The normalized spacial score (nSPS) is 39.4. The Kier molecular flexibility index (Phi) is 1.15. The van der Waals surface area contributed by atoms with Crippen molar-refractivity contribution in [2.24, 2.45) is 11.1 Å². The molecule has 0 radical (unpaired) electrons. The van der Waals surface area contributed by atoms with Crippen LogP contribution in [0.1, 0.15) is 32.1 Å². The molecule has 3 heteroatoms. The van der Waals surface area contributed by atoms with E-state index in [1.165, 1.54) is 0 Å². The molecule has 2 aliphatic rings. The highest BCUT2D eigenvalue weighted by molar-refractivity contribution is 5.84. The predicted octanol–water partition coefficient (Wildman–Crippen LogP) is 0.733. The molecule has 1 atom stereocenters. The topological polar surface area (TPSA) is 63.3 Å². The summed E-state index contributed by atoms with van der Waals surface area (Å²) in [5.41, 5.74) is 4.87. The van der Waals surface area contributed by atoms with Gasteiger partial charge in [0.2, 0.25) is 0 Å². The van der Waals surface area contributed by atoms with Crippen molar-refractivity contribution in [1.82, 2.24) is 0 Å². The van der Waals surface area contributed by atoms with E-state index in [1.807, 2.05) is 0 Å². The van der Waals surface area contributed by atoms with Crippen molar-refractivity contribution in [3.05, 3.63) is 0 Å². The van der Waals surface area contributed by atoms with Gasteiger partial charge < -0.3 is 10.8 Å².